The van der Waals surface area contributed by atoms with E-state index >= 15 is 0 Å². The largest absolute Gasteiger partial charge is 0.388 e. The Morgan fingerprint density at radius 2 is 1.22 bits per heavy atom. The first-order valence-corrected chi connectivity index (χ1v) is 14.2. The number of hydrogen-bond acceptors (Lipinski definition) is 5. The molecule has 0 bridgehead atoms. The van der Waals surface area contributed by atoms with E-state index in [-0.39, 0.29) is 6.61 Å². The van der Waals surface area contributed by atoms with Gasteiger partial charge in [-0.3, -0.25) is 0 Å². The molecule has 3 unspecified atom stereocenters. The fraction of sp³-hybridized carbons (Fsp3) is 1.00. The summed E-state index contributed by atoms with van der Waals surface area (Å²) >= 11 is 0. The van der Waals surface area contributed by atoms with Crippen LogP contribution in [0.4, 0.5) is 0 Å². The van der Waals surface area contributed by atoms with E-state index in [0.717, 1.165) is 17.4 Å². The minimum absolute atomic E-state index is 0.224. The van der Waals surface area contributed by atoms with Gasteiger partial charge in [-0.1, -0.05) is 90.4 Å². The van der Waals surface area contributed by atoms with E-state index in [1.165, 1.54) is 83.5 Å². The van der Waals surface area contributed by atoms with E-state index in [4.69, 9.17) is 13.8 Å². The van der Waals surface area contributed by atoms with Crippen molar-refractivity contribution in [2.75, 3.05) is 47.5 Å². The lowest BCUT2D eigenvalue weighted by Gasteiger charge is -2.25. The van der Waals surface area contributed by atoms with E-state index in [1.807, 2.05) is 0 Å². The molecule has 0 aromatic carbocycles. The average Bonchev–Trinajstić information content (AvgIpc) is 2.72. The molecule has 2 N–H and O–H groups in total. The Labute approximate surface area is 200 Å². The summed E-state index contributed by atoms with van der Waals surface area (Å²) in [4.78, 5) is 9.84. The van der Waals surface area contributed by atoms with Crippen molar-refractivity contribution in [2.24, 2.45) is 0 Å². The Morgan fingerprint density at radius 1 is 0.750 bits per heavy atom. The highest BCUT2D eigenvalue weighted by molar-refractivity contribution is 7.40. The summed E-state index contributed by atoms with van der Waals surface area (Å²) in [5.74, 6) is 0. The van der Waals surface area contributed by atoms with Gasteiger partial charge in [0, 0.05) is 6.61 Å². The molecule has 0 heterocycles. The molecule has 0 saturated carbocycles. The average molecular weight is 481 g/mol. The number of unbranched alkanes of at least 4 members (excludes halogenated alkanes) is 13. The molecule has 0 spiro atoms. The lowest BCUT2D eigenvalue weighted by molar-refractivity contribution is -0.870. The maximum Gasteiger partial charge on any atom is 0.330 e. The molecule has 0 fully saturated rings. The van der Waals surface area contributed by atoms with Gasteiger partial charge in [0.15, 0.2) is 0 Å². The molecule has 0 rings (SSSR count). The van der Waals surface area contributed by atoms with Gasteiger partial charge in [-0.2, -0.15) is 0 Å². The maximum absolute atomic E-state index is 10.1. The number of quaternary nitrogens is 1. The van der Waals surface area contributed by atoms with Crippen molar-refractivity contribution < 1.29 is 28.3 Å². The summed E-state index contributed by atoms with van der Waals surface area (Å²) in [6.07, 6.45) is 17.5. The molecular formula is C25H55NO5P+. The third kappa shape index (κ3) is 23.4. The Balaban J connectivity index is 3.42. The normalized spacial score (nSPS) is 15.1. The SMILES string of the molecule is CCCCCCCCCCCCCCCCOCC(O)C(C)OP(O)OCC[N+](C)(C)C. The molecule has 3 atom stereocenters. The summed E-state index contributed by atoms with van der Waals surface area (Å²) in [5, 5.41) is 10.1. The van der Waals surface area contributed by atoms with Crippen molar-refractivity contribution in [3.8, 4) is 0 Å². The molecule has 0 saturated heterocycles. The fourth-order valence-corrected chi connectivity index (χ4v) is 4.10. The Hall–Kier alpha value is 0.190. The topological polar surface area (TPSA) is 68.2 Å². The van der Waals surface area contributed by atoms with E-state index in [9.17, 15) is 10.00 Å². The molecule has 0 radical (unpaired) electrons. The highest BCUT2D eigenvalue weighted by atomic mass is 31.2. The Bertz CT molecular complexity index is 395. The van der Waals surface area contributed by atoms with Gasteiger partial charge in [-0.15, -0.1) is 0 Å². The van der Waals surface area contributed by atoms with Gasteiger partial charge >= 0.3 is 8.60 Å². The van der Waals surface area contributed by atoms with Crippen LogP contribution >= 0.6 is 8.60 Å². The van der Waals surface area contributed by atoms with Gasteiger partial charge < -0.3 is 28.3 Å². The summed E-state index contributed by atoms with van der Waals surface area (Å²) in [5.41, 5.74) is 0. The summed E-state index contributed by atoms with van der Waals surface area (Å²) in [6.45, 7) is 6.09. The van der Waals surface area contributed by atoms with Crippen molar-refractivity contribution in [1.29, 1.82) is 0 Å². The fourth-order valence-electron chi connectivity index (χ4n) is 3.37. The second kappa shape index (κ2) is 21.7. The van der Waals surface area contributed by atoms with Crippen LogP contribution in [0.3, 0.4) is 0 Å². The number of nitrogens with zero attached hydrogens (tertiary/aromatic N) is 1. The van der Waals surface area contributed by atoms with Crippen LogP contribution in [0.1, 0.15) is 104 Å². The molecule has 0 aromatic rings. The van der Waals surface area contributed by atoms with E-state index in [2.05, 4.69) is 28.1 Å². The number of aliphatic hydroxyl groups is 1. The molecule has 0 aliphatic heterocycles. The zero-order chi connectivity index (χ0) is 24.1. The molecule has 0 aromatic heterocycles. The van der Waals surface area contributed by atoms with Crippen LogP contribution in [0, 0.1) is 0 Å². The number of rotatable bonds is 24. The predicted octanol–water partition coefficient (Wildman–Crippen LogP) is 6.19. The van der Waals surface area contributed by atoms with Gasteiger partial charge in [-0.05, 0) is 13.3 Å². The molecule has 7 heteroatoms. The first-order chi connectivity index (χ1) is 15.3. The first-order valence-electron chi connectivity index (χ1n) is 13.1. The minimum Gasteiger partial charge on any atom is -0.388 e. The molecule has 6 nitrogen and oxygen atoms in total. The lowest BCUT2D eigenvalue weighted by Crippen LogP contribution is -2.37. The summed E-state index contributed by atoms with van der Waals surface area (Å²) in [6, 6.07) is 0. The zero-order valence-electron chi connectivity index (χ0n) is 21.9. The van der Waals surface area contributed by atoms with Gasteiger partial charge in [0.25, 0.3) is 0 Å². The van der Waals surface area contributed by atoms with E-state index < -0.39 is 20.8 Å². The van der Waals surface area contributed by atoms with Crippen molar-refractivity contribution in [1.82, 2.24) is 0 Å². The Kier molecular flexibility index (Phi) is 21.8. The van der Waals surface area contributed by atoms with Crippen molar-refractivity contribution in [3.63, 3.8) is 0 Å². The number of hydrogen-bond donors (Lipinski definition) is 2. The molecule has 194 valence electrons. The quantitative estimate of drug-likeness (QED) is 0.0979. The summed E-state index contributed by atoms with van der Waals surface area (Å²) < 4.78 is 17.0. The highest BCUT2D eigenvalue weighted by Gasteiger charge is 2.21. The number of aliphatic hydroxyl groups excluding tert-OH is 1. The third-order valence-electron chi connectivity index (χ3n) is 5.69. The second-order valence-corrected chi connectivity index (χ2v) is 11.1. The van der Waals surface area contributed by atoms with Gasteiger partial charge in [-0.25, -0.2) is 0 Å². The van der Waals surface area contributed by atoms with Crippen molar-refractivity contribution in [2.45, 2.75) is 116 Å². The van der Waals surface area contributed by atoms with E-state index in [0.29, 0.717) is 13.2 Å². The van der Waals surface area contributed by atoms with Crippen molar-refractivity contribution in [3.05, 3.63) is 0 Å². The predicted molar refractivity (Wildman–Crippen MR) is 136 cm³/mol. The van der Waals surface area contributed by atoms with Gasteiger partial charge in [0.2, 0.25) is 0 Å². The lowest BCUT2D eigenvalue weighted by atomic mass is 10.0. The zero-order valence-corrected chi connectivity index (χ0v) is 22.8. The van der Waals surface area contributed by atoms with Crippen LogP contribution in [0.15, 0.2) is 0 Å². The van der Waals surface area contributed by atoms with Crippen LogP contribution in [-0.2, 0) is 13.8 Å². The summed E-state index contributed by atoms with van der Waals surface area (Å²) in [7, 11) is 4.21. The maximum atomic E-state index is 10.1. The number of likely N-dealkylation sites (N-methyl/N-ethyl adjacent to an activating group) is 1. The highest BCUT2D eigenvalue weighted by Crippen LogP contribution is 2.35. The van der Waals surface area contributed by atoms with Crippen LogP contribution in [0.25, 0.3) is 0 Å². The standard InChI is InChI=1S/C25H55NO5P/c1-6-7-8-9-10-11-12-13-14-15-16-17-18-19-21-29-23-25(27)24(2)31-32(28)30-22-20-26(3,4)5/h24-25,27-28H,6-23H2,1-5H3/q+1. The molecule has 0 amide bonds. The molecule has 0 aliphatic carbocycles. The van der Waals surface area contributed by atoms with E-state index in [1.54, 1.807) is 6.92 Å². The monoisotopic (exact) mass is 480 g/mol. The van der Waals surface area contributed by atoms with Crippen molar-refractivity contribution >= 4 is 8.60 Å². The van der Waals surface area contributed by atoms with Crippen LogP contribution < -0.4 is 0 Å². The molecular weight excluding hydrogens is 425 g/mol. The van der Waals surface area contributed by atoms with Crippen LogP contribution in [0.2, 0.25) is 0 Å². The van der Waals surface area contributed by atoms with Gasteiger partial charge in [0.1, 0.15) is 19.3 Å². The second-order valence-electron chi connectivity index (χ2n) is 10.1. The van der Waals surface area contributed by atoms with Crippen LogP contribution in [-0.4, -0.2) is 74.2 Å². The minimum atomic E-state index is -1.97. The van der Waals surface area contributed by atoms with Crippen LogP contribution in [0.5, 0.6) is 0 Å². The first kappa shape index (κ1) is 32.2. The van der Waals surface area contributed by atoms with Gasteiger partial charge in [0.05, 0.1) is 33.9 Å². The molecule has 32 heavy (non-hydrogen) atoms. The Morgan fingerprint density at radius 3 is 1.69 bits per heavy atom. The smallest absolute Gasteiger partial charge is 0.330 e. The third-order valence-corrected chi connectivity index (χ3v) is 6.61. The molecule has 0 aliphatic rings. The number of ether oxygens (including phenoxy) is 1.